The van der Waals surface area contributed by atoms with Gasteiger partial charge in [-0.05, 0) is 32.4 Å². The Morgan fingerprint density at radius 3 is 2.33 bits per heavy atom. The fourth-order valence-corrected chi connectivity index (χ4v) is 1.85. The SMILES string of the molecule is [2H]C1N(C)C(C)=C(C)N1c1ccccc1C. The number of hydrogen-bond donors (Lipinski definition) is 0. The summed E-state index contributed by atoms with van der Waals surface area (Å²) in [6, 6.07) is 8.22. The zero-order valence-electron chi connectivity index (χ0n) is 10.8. The summed E-state index contributed by atoms with van der Waals surface area (Å²) in [7, 11) is 1.97. The van der Waals surface area contributed by atoms with Crippen LogP contribution in [0.2, 0.25) is 0 Å². The van der Waals surface area contributed by atoms with Gasteiger partial charge in [-0.15, -0.1) is 0 Å². The van der Waals surface area contributed by atoms with Crippen LogP contribution in [0.5, 0.6) is 0 Å². The van der Waals surface area contributed by atoms with Crippen LogP contribution in [0.1, 0.15) is 20.8 Å². The Hall–Kier alpha value is -1.44. The Balaban J connectivity index is 2.47. The summed E-state index contributed by atoms with van der Waals surface area (Å²) >= 11 is 0. The standard InChI is InChI=1S/C13H18N2/c1-10-7-5-6-8-13(10)15-9-14(4)11(2)12(15)3/h5-8H,9H2,1-4H3/i9D. The van der Waals surface area contributed by atoms with Crippen molar-refractivity contribution in [1.82, 2.24) is 4.90 Å². The number of anilines is 1. The Bertz CT molecular complexity index is 439. The molecule has 0 saturated carbocycles. The van der Waals surface area contributed by atoms with Gasteiger partial charge < -0.3 is 9.80 Å². The number of rotatable bonds is 1. The van der Waals surface area contributed by atoms with Crippen LogP contribution in [0.4, 0.5) is 5.69 Å². The van der Waals surface area contributed by atoms with E-state index in [2.05, 4.69) is 37.8 Å². The molecule has 0 spiro atoms. The van der Waals surface area contributed by atoms with Crippen molar-refractivity contribution in [2.75, 3.05) is 18.6 Å². The minimum absolute atomic E-state index is 0.346. The largest absolute Gasteiger partial charge is 0.359 e. The normalized spacial score (nSPS) is 22.4. The van der Waals surface area contributed by atoms with Crippen LogP contribution in [-0.2, 0) is 0 Å². The van der Waals surface area contributed by atoms with E-state index in [-0.39, 0.29) is 6.64 Å². The Kier molecular flexibility index (Phi) is 2.13. The van der Waals surface area contributed by atoms with Gasteiger partial charge in [0.25, 0.3) is 0 Å². The van der Waals surface area contributed by atoms with Crippen LogP contribution in [0, 0.1) is 6.92 Å². The highest BCUT2D eigenvalue weighted by Gasteiger charge is 2.22. The third-order valence-corrected chi connectivity index (χ3v) is 3.08. The number of nitrogens with zero attached hydrogens (tertiary/aromatic N) is 2. The van der Waals surface area contributed by atoms with Crippen molar-refractivity contribution in [3.05, 3.63) is 41.2 Å². The molecule has 0 N–H and O–H groups in total. The average Bonchev–Trinajstić information content (AvgIpc) is 2.45. The van der Waals surface area contributed by atoms with Crippen LogP contribution in [0.3, 0.4) is 0 Å². The zero-order chi connectivity index (χ0) is 11.9. The topological polar surface area (TPSA) is 6.48 Å². The van der Waals surface area contributed by atoms with E-state index in [1.807, 2.05) is 24.1 Å². The number of benzene rings is 1. The first-order valence-corrected chi connectivity index (χ1v) is 5.21. The van der Waals surface area contributed by atoms with Gasteiger partial charge in [0.2, 0.25) is 0 Å². The fraction of sp³-hybridized carbons (Fsp3) is 0.385. The maximum Gasteiger partial charge on any atom is 0.0944 e. The summed E-state index contributed by atoms with van der Waals surface area (Å²) in [5, 5.41) is 0. The summed E-state index contributed by atoms with van der Waals surface area (Å²) < 4.78 is 8.20. The summed E-state index contributed by atoms with van der Waals surface area (Å²) in [5.41, 5.74) is 4.67. The molecule has 1 heterocycles. The smallest absolute Gasteiger partial charge is 0.0944 e. The van der Waals surface area contributed by atoms with Gasteiger partial charge in [-0.1, -0.05) is 18.2 Å². The van der Waals surface area contributed by atoms with Gasteiger partial charge in [0, 0.05) is 24.1 Å². The molecule has 0 aromatic heterocycles. The molecule has 1 aromatic carbocycles. The number of allylic oxidation sites excluding steroid dienone is 2. The predicted molar refractivity (Wildman–Crippen MR) is 64.7 cm³/mol. The lowest BCUT2D eigenvalue weighted by molar-refractivity contribution is 0.459. The van der Waals surface area contributed by atoms with E-state index < -0.39 is 0 Å². The van der Waals surface area contributed by atoms with E-state index in [1.165, 1.54) is 11.3 Å². The minimum Gasteiger partial charge on any atom is -0.359 e. The molecule has 1 aliphatic heterocycles. The zero-order valence-corrected chi connectivity index (χ0v) is 9.78. The Labute approximate surface area is 93.2 Å². The van der Waals surface area contributed by atoms with Crippen LogP contribution in [-0.4, -0.2) is 18.6 Å². The van der Waals surface area contributed by atoms with Crippen molar-refractivity contribution < 1.29 is 1.37 Å². The summed E-state index contributed by atoms with van der Waals surface area (Å²) in [6.45, 7) is 5.88. The molecule has 15 heavy (non-hydrogen) atoms. The van der Waals surface area contributed by atoms with E-state index in [4.69, 9.17) is 1.37 Å². The lowest BCUT2D eigenvalue weighted by atomic mass is 10.2. The van der Waals surface area contributed by atoms with Crippen molar-refractivity contribution in [2.24, 2.45) is 0 Å². The third-order valence-electron chi connectivity index (χ3n) is 3.08. The Morgan fingerprint density at radius 2 is 1.80 bits per heavy atom. The molecule has 0 saturated heterocycles. The molecule has 1 atom stereocenters. The molecule has 2 heteroatoms. The number of aryl methyl sites for hydroxylation is 1. The van der Waals surface area contributed by atoms with E-state index in [0.717, 1.165) is 11.4 Å². The minimum atomic E-state index is -0.346. The summed E-state index contributed by atoms with van der Waals surface area (Å²) in [5.74, 6) is 0. The molecule has 1 aliphatic rings. The molecular formula is C13H18N2. The van der Waals surface area contributed by atoms with Crippen LogP contribution in [0.25, 0.3) is 0 Å². The van der Waals surface area contributed by atoms with Crippen LogP contribution >= 0.6 is 0 Å². The van der Waals surface area contributed by atoms with Gasteiger partial charge in [0.15, 0.2) is 0 Å². The summed E-state index contributed by atoms with van der Waals surface area (Å²) in [4.78, 5) is 4.06. The first kappa shape index (κ1) is 8.84. The maximum absolute atomic E-state index is 8.20. The molecule has 0 aliphatic carbocycles. The van der Waals surface area contributed by atoms with Gasteiger partial charge in [-0.25, -0.2) is 0 Å². The molecule has 0 bridgehead atoms. The van der Waals surface area contributed by atoms with E-state index >= 15 is 0 Å². The first-order chi connectivity index (χ1) is 7.54. The molecule has 80 valence electrons. The second-order valence-electron chi connectivity index (χ2n) is 4.05. The summed E-state index contributed by atoms with van der Waals surface area (Å²) in [6.07, 6.45) is 0. The van der Waals surface area contributed by atoms with Gasteiger partial charge in [-0.3, -0.25) is 0 Å². The molecular weight excluding hydrogens is 184 g/mol. The van der Waals surface area contributed by atoms with Crippen molar-refractivity contribution in [2.45, 2.75) is 20.8 Å². The lowest BCUT2D eigenvalue weighted by Gasteiger charge is -2.22. The quantitative estimate of drug-likeness (QED) is 0.692. The molecule has 0 fully saturated rings. The number of hydrogen-bond acceptors (Lipinski definition) is 2. The van der Waals surface area contributed by atoms with Gasteiger partial charge in [-0.2, -0.15) is 0 Å². The highest BCUT2D eigenvalue weighted by molar-refractivity contribution is 5.58. The van der Waals surface area contributed by atoms with Crippen molar-refractivity contribution in [3.63, 3.8) is 0 Å². The average molecular weight is 203 g/mol. The molecule has 2 rings (SSSR count). The Morgan fingerprint density at radius 1 is 1.13 bits per heavy atom. The van der Waals surface area contributed by atoms with E-state index in [0.29, 0.717) is 0 Å². The van der Waals surface area contributed by atoms with Crippen molar-refractivity contribution in [3.8, 4) is 0 Å². The number of para-hydroxylation sites is 1. The van der Waals surface area contributed by atoms with Gasteiger partial charge in [0.1, 0.15) is 0 Å². The van der Waals surface area contributed by atoms with Crippen molar-refractivity contribution >= 4 is 5.69 Å². The maximum atomic E-state index is 8.20. The van der Waals surface area contributed by atoms with Gasteiger partial charge >= 0.3 is 0 Å². The van der Waals surface area contributed by atoms with Crippen LogP contribution in [0.15, 0.2) is 35.7 Å². The molecule has 1 aromatic rings. The second kappa shape index (κ2) is 3.61. The molecule has 2 nitrogen and oxygen atoms in total. The fourth-order valence-electron chi connectivity index (χ4n) is 1.85. The van der Waals surface area contributed by atoms with Gasteiger partial charge in [0.05, 0.1) is 8.02 Å². The first-order valence-electron chi connectivity index (χ1n) is 5.79. The van der Waals surface area contributed by atoms with E-state index in [1.54, 1.807) is 0 Å². The highest BCUT2D eigenvalue weighted by atomic mass is 15.4. The molecule has 0 radical (unpaired) electrons. The molecule has 0 amide bonds. The monoisotopic (exact) mass is 203 g/mol. The molecule has 1 unspecified atom stereocenters. The van der Waals surface area contributed by atoms with Crippen molar-refractivity contribution in [1.29, 1.82) is 0 Å². The second-order valence-corrected chi connectivity index (χ2v) is 4.05. The van der Waals surface area contributed by atoms with Crippen LogP contribution < -0.4 is 4.90 Å². The lowest BCUT2D eigenvalue weighted by Crippen LogP contribution is -2.24. The van der Waals surface area contributed by atoms with E-state index in [9.17, 15) is 0 Å². The third kappa shape index (κ3) is 1.60. The highest BCUT2D eigenvalue weighted by Crippen LogP contribution is 2.29. The predicted octanol–water partition coefficient (Wildman–Crippen LogP) is 2.96.